The number of benzene rings is 2. The van der Waals surface area contributed by atoms with E-state index in [2.05, 4.69) is 32.5 Å². The van der Waals surface area contributed by atoms with E-state index in [-0.39, 0.29) is 5.91 Å². The van der Waals surface area contributed by atoms with Crippen molar-refractivity contribution in [3.63, 3.8) is 0 Å². The van der Waals surface area contributed by atoms with E-state index in [9.17, 15) is 4.79 Å². The zero-order valence-corrected chi connectivity index (χ0v) is 16.5. The molecular formula is C20H14BrN3O2S. The minimum absolute atomic E-state index is 0.239. The lowest BCUT2D eigenvalue weighted by Crippen LogP contribution is -2.16. The van der Waals surface area contributed by atoms with Gasteiger partial charge in [-0.15, -0.1) is 11.3 Å². The SMILES string of the molecule is N#Cc1ccccc1COc1ccc(/C=N/NC(=O)c2cccs2)cc1Br. The van der Waals surface area contributed by atoms with Gasteiger partial charge in [-0.25, -0.2) is 5.43 Å². The molecule has 0 aliphatic heterocycles. The molecule has 3 aromatic rings. The predicted octanol–water partition coefficient (Wildman–Crippen LogP) is 4.73. The number of nitrogens with one attached hydrogen (secondary N) is 1. The molecule has 1 N–H and O–H groups in total. The molecule has 1 amide bonds. The van der Waals surface area contributed by atoms with Gasteiger partial charge >= 0.3 is 0 Å². The molecule has 0 spiro atoms. The molecule has 134 valence electrons. The number of nitrogens with zero attached hydrogens (tertiary/aromatic N) is 2. The number of thiophene rings is 1. The van der Waals surface area contributed by atoms with Gasteiger partial charge in [-0.3, -0.25) is 4.79 Å². The number of halogens is 1. The number of hydrazone groups is 1. The molecule has 0 fully saturated rings. The maximum absolute atomic E-state index is 11.8. The van der Waals surface area contributed by atoms with Gasteiger partial charge in [0.05, 0.1) is 27.2 Å². The van der Waals surface area contributed by atoms with Crippen LogP contribution in [0.15, 0.2) is 69.6 Å². The van der Waals surface area contributed by atoms with Crippen molar-refractivity contribution in [1.29, 1.82) is 5.26 Å². The molecule has 0 saturated heterocycles. The average Bonchev–Trinajstić information content (AvgIpc) is 3.22. The minimum Gasteiger partial charge on any atom is -0.488 e. The summed E-state index contributed by atoms with van der Waals surface area (Å²) in [5.41, 5.74) is 4.72. The van der Waals surface area contributed by atoms with Crippen LogP contribution in [0.1, 0.15) is 26.4 Å². The molecule has 0 aliphatic carbocycles. The number of hydrogen-bond donors (Lipinski definition) is 1. The van der Waals surface area contributed by atoms with Gasteiger partial charge in [-0.1, -0.05) is 24.3 Å². The first kappa shape index (κ1) is 18.8. The molecule has 0 bridgehead atoms. The van der Waals surface area contributed by atoms with Crippen LogP contribution < -0.4 is 10.2 Å². The summed E-state index contributed by atoms with van der Waals surface area (Å²) in [5, 5.41) is 14.9. The van der Waals surface area contributed by atoms with E-state index in [0.717, 1.165) is 15.6 Å². The Kier molecular flexibility index (Phi) is 6.36. The minimum atomic E-state index is -0.239. The van der Waals surface area contributed by atoms with Crippen molar-refractivity contribution in [2.24, 2.45) is 5.10 Å². The van der Waals surface area contributed by atoms with Crippen molar-refractivity contribution in [2.45, 2.75) is 6.61 Å². The molecule has 7 heteroatoms. The van der Waals surface area contributed by atoms with Crippen LogP contribution in [-0.2, 0) is 6.61 Å². The van der Waals surface area contributed by atoms with E-state index in [0.29, 0.717) is 22.8 Å². The van der Waals surface area contributed by atoms with Gasteiger partial charge < -0.3 is 4.74 Å². The molecule has 0 saturated carbocycles. The Labute approximate surface area is 169 Å². The van der Waals surface area contributed by atoms with Crippen molar-refractivity contribution < 1.29 is 9.53 Å². The largest absolute Gasteiger partial charge is 0.488 e. The van der Waals surface area contributed by atoms with Gasteiger partial charge in [0.15, 0.2) is 0 Å². The summed E-state index contributed by atoms with van der Waals surface area (Å²) in [4.78, 5) is 12.4. The average molecular weight is 440 g/mol. The number of hydrogen-bond acceptors (Lipinski definition) is 5. The predicted molar refractivity (Wildman–Crippen MR) is 109 cm³/mol. The second kappa shape index (κ2) is 9.12. The number of carbonyl (C=O) groups excluding carboxylic acids is 1. The zero-order valence-electron chi connectivity index (χ0n) is 14.1. The third-order valence-electron chi connectivity index (χ3n) is 3.60. The van der Waals surface area contributed by atoms with Crippen LogP contribution in [0.2, 0.25) is 0 Å². The van der Waals surface area contributed by atoms with Crippen LogP contribution in [-0.4, -0.2) is 12.1 Å². The standard InChI is InChI=1S/C20H14BrN3O2S/c21-17-10-14(12-23-24-20(25)19-6-3-9-27-19)7-8-18(17)26-13-16-5-2-1-4-15(16)11-22/h1-10,12H,13H2,(H,24,25)/b23-12+. The smallest absolute Gasteiger partial charge is 0.281 e. The molecule has 1 aromatic heterocycles. The van der Waals surface area contributed by atoms with Crippen LogP contribution in [0.4, 0.5) is 0 Å². The van der Waals surface area contributed by atoms with Crippen molar-refractivity contribution in [3.05, 3.63) is 86.0 Å². The van der Waals surface area contributed by atoms with Crippen LogP contribution in [0.5, 0.6) is 5.75 Å². The number of ether oxygens (including phenoxy) is 1. The van der Waals surface area contributed by atoms with Gasteiger partial charge in [0.25, 0.3) is 5.91 Å². The third-order valence-corrected chi connectivity index (χ3v) is 5.09. The first-order valence-electron chi connectivity index (χ1n) is 7.94. The summed E-state index contributed by atoms with van der Waals surface area (Å²) in [6.45, 7) is 0.298. The van der Waals surface area contributed by atoms with Crippen molar-refractivity contribution in [2.75, 3.05) is 0 Å². The van der Waals surface area contributed by atoms with Crippen LogP contribution in [0.25, 0.3) is 0 Å². The summed E-state index contributed by atoms with van der Waals surface area (Å²) < 4.78 is 6.56. The molecule has 0 radical (unpaired) electrons. The van der Waals surface area contributed by atoms with E-state index in [1.54, 1.807) is 18.3 Å². The van der Waals surface area contributed by atoms with E-state index in [4.69, 9.17) is 10.00 Å². The van der Waals surface area contributed by atoms with Gasteiger partial charge in [0, 0.05) is 5.56 Å². The summed E-state index contributed by atoms with van der Waals surface area (Å²) in [6.07, 6.45) is 1.56. The van der Waals surface area contributed by atoms with Crippen molar-refractivity contribution in [1.82, 2.24) is 5.43 Å². The molecule has 0 atom stereocenters. The second-order valence-corrected chi connectivity index (χ2v) is 7.23. The Hall–Kier alpha value is -2.95. The quantitative estimate of drug-likeness (QED) is 0.445. The van der Waals surface area contributed by atoms with E-state index < -0.39 is 0 Å². The highest BCUT2D eigenvalue weighted by Crippen LogP contribution is 2.26. The fourth-order valence-electron chi connectivity index (χ4n) is 2.25. The van der Waals surface area contributed by atoms with Gasteiger partial charge in [-0.05, 0) is 57.2 Å². The second-order valence-electron chi connectivity index (χ2n) is 5.42. The Morgan fingerprint density at radius 1 is 1.26 bits per heavy atom. The zero-order chi connectivity index (χ0) is 19.1. The lowest BCUT2D eigenvalue weighted by atomic mass is 10.1. The number of nitriles is 1. The lowest BCUT2D eigenvalue weighted by Gasteiger charge is -2.09. The number of carbonyl (C=O) groups is 1. The maximum Gasteiger partial charge on any atom is 0.281 e. The topological polar surface area (TPSA) is 74.5 Å². The van der Waals surface area contributed by atoms with Crippen molar-refractivity contribution >= 4 is 39.4 Å². The van der Waals surface area contributed by atoms with Crippen LogP contribution in [0, 0.1) is 11.3 Å². The molecule has 3 rings (SSSR count). The molecule has 0 aliphatic rings. The van der Waals surface area contributed by atoms with Crippen LogP contribution >= 0.6 is 27.3 Å². The fourth-order valence-corrected chi connectivity index (χ4v) is 3.38. The molecule has 2 aromatic carbocycles. The summed E-state index contributed by atoms with van der Waals surface area (Å²) in [6, 6.07) is 18.5. The Balaban J connectivity index is 1.61. The highest BCUT2D eigenvalue weighted by molar-refractivity contribution is 9.10. The Bertz CT molecular complexity index is 1010. The van der Waals surface area contributed by atoms with E-state index in [1.165, 1.54) is 11.3 Å². The summed E-state index contributed by atoms with van der Waals surface area (Å²) in [5.74, 6) is 0.416. The van der Waals surface area contributed by atoms with Gasteiger partial charge in [-0.2, -0.15) is 10.4 Å². The lowest BCUT2D eigenvalue weighted by molar-refractivity contribution is 0.0959. The Morgan fingerprint density at radius 2 is 2.11 bits per heavy atom. The highest BCUT2D eigenvalue weighted by atomic mass is 79.9. The maximum atomic E-state index is 11.8. The van der Waals surface area contributed by atoms with Crippen molar-refractivity contribution in [3.8, 4) is 11.8 Å². The van der Waals surface area contributed by atoms with Gasteiger partial charge in [0.1, 0.15) is 12.4 Å². The van der Waals surface area contributed by atoms with E-state index >= 15 is 0 Å². The molecule has 5 nitrogen and oxygen atoms in total. The highest BCUT2D eigenvalue weighted by Gasteiger charge is 2.06. The first-order chi connectivity index (χ1) is 13.2. The van der Waals surface area contributed by atoms with Crippen LogP contribution in [0.3, 0.4) is 0 Å². The van der Waals surface area contributed by atoms with E-state index in [1.807, 2.05) is 47.8 Å². The first-order valence-corrected chi connectivity index (χ1v) is 9.62. The number of amides is 1. The monoisotopic (exact) mass is 439 g/mol. The van der Waals surface area contributed by atoms with Gasteiger partial charge in [0.2, 0.25) is 0 Å². The molecule has 0 unspecified atom stereocenters. The molecular weight excluding hydrogens is 426 g/mol. The Morgan fingerprint density at radius 3 is 2.85 bits per heavy atom. The normalized spacial score (nSPS) is 10.5. The molecule has 1 heterocycles. The summed E-state index contributed by atoms with van der Waals surface area (Å²) >= 11 is 4.83. The number of rotatable bonds is 6. The summed E-state index contributed by atoms with van der Waals surface area (Å²) in [7, 11) is 0. The fraction of sp³-hybridized carbons (Fsp3) is 0.0500. The third kappa shape index (κ3) is 5.03. The molecule has 27 heavy (non-hydrogen) atoms.